The fraction of sp³-hybridized carbons (Fsp3) is 0.182. The van der Waals surface area contributed by atoms with Gasteiger partial charge in [-0.05, 0) is 163 Å². The van der Waals surface area contributed by atoms with Crippen molar-refractivity contribution in [3.05, 3.63) is 385 Å². The molecule has 3 saturated heterocycles. The van der Waals surface area contributed by atoms with E-state index in [4.69, 9.17) is 15.0 Å². The van der Waals surface area contributed by atoms with Crippen molar-refractivity contribution in [2.45, 2.75) is 89.6 Å². The Labute approximate surface area is 800 Å². The number of hydrogen-bond donors (Lipinski definition) is 10. The van der Waals surface area contributed by atoms with E-state index in [-0.39, 0.29) is 69.3 Å². The number of urea groups is 1. The van der Waals surface area contributed by atoms with Crippen LogP contribution in [0.5, 0.6) is 0 Å². The summed E-state index contributed by atoms with van der Waals surface area (Å²) >= 11 is 0. The highest BCUT2D eigenvalue weighted by Gasteiger charge is 2.30. The van der Waals surface area contributed by atoms with Crippen molar-refractivity contribution in [1.29, 1.82) is 0 Å². The number of amides is 5. The van der Waals surface area contributed by atoms with Crippen molar-refractivity contribution in [2.75, 3.05) is 60.5 Å². The van der Waals surface area contributed by atoms with Crippen molar-refractivity contribution in [3.8, 4) is 67.2 Å². The molecule has 0 saturated carbocycles. The Bertz CT molecular complexity index is 7900. The molecule has 3 aliphatic heterocycles. The van der Waals surface area contributed by atoms with Crippen LogP contribution in [-0.2, 0) is 34.0 Å². The van der Waals surface area contributed by atoms with Crippen molar-refractivity contribution in [1.82, 2.24) is 69.0 Å². The zero-order valence-electron chi connectivity index (χ0n) is 76.5. The van der Waals surface area contributed by atoms with Gasteiger partial charge in [0.05, 0.1) is 88.9 Å². The predicted molar refractivity (Wildman–Crippen MR) is 544 cm³/mol. The number of anilines is 4. The molecule has 20 rings (SSSR count). The van der Waals surface area contributed by atoms with Gasteiger partial charge >= 0.3 is 17.4 Å². The van der Waals surface area contributed by atoms with Crippen LogP contribution in [0.25, 0.3) is 122 Å². The van der Waals surface area contributed by atoms with Gasteiger partial charge in [0.25, 0.3) is 16.7 Å². The summed E-state index contributed by atoms with van der Waals surface area (Å²) in [6.07, 6.45) is 15.3. The number of aromatic amines is 5. The number of H-pyrrole nitrogens is 5. The van der Waals surface area contributed by atoms with Crippen LogP contribution in [0.4, 0.5) is 40.7 Å². The molecule has 3 aliphatic rings. The van der Waals surface area contributed by atoms with Gasteiger partial charge in [-0.2, -0.15) is 0 Å². The summed E-state index contributed by atoms with van der Waals surface area (Å²) in [6.45, 7) is 15.8. The summed E-state index contributed by atoms with van der Waals surface area (Å²) in [4.78, 5) is 147. The Kier molecular flexibility index (Phi) is 28.2. The minimum absolute atomic E-state index is 0.00151. The first-order valence-electron chi connectivity index (χ1n) is 46.4. The molecule has 704 valence electrons. The summed E-state index contributed by atoms with van der Waals surface area (Å²) in [5.74, 6) is -3.31. The Morgan fingerprint density at radius 1 is 0.393 bits per heavy atom. The van der Waals surface area contributed by atoms with Gasteiger partial charge in [-0.25, -0.2) is 42.5 Å². The number of likely N-dealkylation sites (tertiary alicyclic amines) is 3. The Balaban J connectivity index is 0.000000139. The molecule has 140 heavy (non-hydrogen) atoms. The molecule has 27 nitrogen and oxygen atoms in total. The molecule has 0 aliphatic carbocycles. The lowest BCUT2D eigenvalue weighted by molar-refractivity contribution is -0.112. The van der Waals surface area contributed by atoms with E-state index in [1.165, 1.54) is 48.0 Å². The van der Waals surface area contributed by atoms with Gasteiger partial charge < -0.3 is 51.5 Å². The van der Waals surface area contributed by atoms with Gasteiger partial charge in [0.2, 0.25) is 17.7 Å². The van der Waals surface area contributed by atoms with E-state index >= 15 is 0 Å². The van der Waals surface area contributed by atoms with Gasteiger partial charge in [0.1, 0.15) is 17.5 Å². The Hall–Kier alpha value is -16.8. The number of hydrogen-bond acceptors (Lipinski definition) is 15. The van der Waals surface area contributed by atoms with Gasteiger partial charge in [-0.3, -0.25) is 52.6 Å². The molecule has 17 aromatic rings. The lowest BCUT2D eigenvalue weighted by Crippen LogP contribution is -2.45. The fourth-order valence-corrected chi connectivity index (χ4v) is 18.5. The van der Waals surface area contributed by atoms with Crippen LogP contribution in [-0.4, -0.2) is 133 Å². The molecule has 0 radical (unpaired) electrons. The first-order chi connectivity index (χ1) is 68.1. The number of halogens is 3. The van der Waals surface area contributed by atoms with Crippen LogP contribution in [0.3, 0.4) is 0 Å². The molecule has 5 amide bonds. The number of benzene rings is 9. The Morgan fingerprint density at radius 3 is 1.10 bits per heavy atom. The molecule has 3 fully saturated rings. The van der Waals surface area contributed by atoms with Crippen LogP contribution in [0.1, 0.15) is 80.6 Å². The van der Waals surface area contributed by atoms with Gasteiger partial charge in [0.15, 0.2) is 0 Å². The number of piperidine rings is 3. The molecule has 0 atom stereocenters. The lowest BCUT2D eigenvalue weighted by atomic mass is 9.97. The first-order valence-corrected chi connectivity index (χ1v) is 46.4. The average molecular weight is 1870 g/mol. The summed E-state index contributed by atoms with van der Waals surface area (Å²) in [6, 6.07) is 75.2. The first kappa shape index (κ1) is 93.6. The zero-order valence-corrected chi connectivity index (χ0v) is 76.5. The van der Waals surface area contributed by atoms with Gasteiger partial charge in [-0.15, -0.1) is 0 Å². The average Bonchev–Trinajstić information content (AvgIpc) is 1.62. The standard InChI is InChI=1S/C38H35FN6O3.C36H31FN6O3.C36H33FN6O3/c1-2-3-9-35(46)41-32-22-34-33(21-30(32)39)43-38(48)45(34)27-15-18-44(19-16-27)23-24-10-12-26(13-11-24)36-28(25-7-5-4-6-8-25)20-29-31(42-36)14-17-40-37(29)47;1-2-33(44)39-30-20-32-31(19-28(30)37)41-36(46)43(32)25-13-16-42(17-14-25)21-22-8-10-24(11-9-22)34-26(23-6-4-3-5-7-23)18-27-29(40-34)12-15-38-35(27)45;1-2-33(44)41-32-20-27(12-13-30(32)37)40-36(46)39-26-15-18-43(19-16-26)22-23-8-10-25(11-9-23)34-28(24-6-4-3-5-7-24)21-29-31(42-34)14-17-38-35(29)45/h3-14,17,20-22,27H,2,15-16,18-19,23H2,1H3,(H,40,47)(H,41,46)(H,43,48);2-12,15,18-20,25H,1,13-14,16-17,21H2,(H,38,45)(H,39,44)(H,41,46);2-14,17,20-21,26H,1,15-16,18-19,22H2,(H,38,45)(H,41,44)(H2,39,40,46)/b9-3+;;/i39-1;2*37-1. The molecule has 10 N–H and O–H groups in total. The molecule has 9 aromatic carbocycles. The van der Waals surface area contributed by atoms with Crippen LogP contribution >= 0.6 is 0 Å². The highest BCUT2D eigenvalue weighted by molar-refractivity contribution is 6.03. The predicted octanol–water partition coefficient (Wildman–Crippen LogP) is 19.1. The highest BCUT2D eigenvalue weighted by Crippen LogP contribution is 2.39. The molecule has 0 unspecified atom stereocenters. The maximum atomic E-state index is 14.7. The van der Waals surface area contributed by atoms with Crippen LogP contribution in [0.15, 0.2) is 323 Å². The zero-order chi connectivity index (χ0) is 97.0. The third-order valence-corrected chi connectivity index (χ3v) is 25.7. The number of aromatic nitrogens is 10. The van der Waals surface area contributed by atoms with Crippen LogP contribution < -0.4 is 54.6 Å². The minimum Gasteiger partial charge on any atom is -0.335 e. The maximum absolute atomic E-state index is 14.7. The quantitative estimate of drug-likeness (QED) is 0.0266. The molecular formula is C110H99F3N18O9. The molecule has 8 aromatic heterocycles. The largest absolute Gasteiger partial charge is 0.335 e. The van der Waals surface area contributed by atoms with E-state index in [1.54, 1.807) is 39.9 Å². The molecule has 30 heteroatoms. The molecule has 11 heterocycles. The number of rotatable bonds is 23. The normalized spacial score (nSPS) is 14.0. The van der Waals surface area contributed by atoms with E-state index in [0.717, 1.165) is 188 Å². The van der Waals surface area contributed by atoms with Crippen molar-refractivity contribution >= 4 is 101 Å². The second-order valence-electron chi connectivity index (χ2n) is 34.9. The number of fused-ring (bicyclic) bond motifs is 5. The molecular weight excluding hydrogens is 1770 g/mol. The summed E-state index contributed by atoms with van der Waals surface area (Å²) in [7, 11) is 0. The van der Waals surface area contributed by atoms with Gasteiger partial charge in [-0.1, -0.05) is 190 Å². The van der Waals surface area contributed by atoms with E-state index in [1.807, 2.05) is 134 Å². The number of allylic oxidation sites excluding steroid dienone is 1. The van der Waals surface area contributed by atoms with E-state index in [2.05, 4.69) is 152 Å². The maximum Gasteiger partial charge on any atom is 0.326 e. The number of imidazole rings is 2. The summed E-state index contributed by atoms with van der Waals surface area (Å²) in [5.41, 5.74) is 17.6. The molecule has 0 spiro atoms. The van der Waals surface area contributed by atoms with Crippen molar-refractivity contribution in [2.24, 2.45) is 0 Å². The topological polar surface area (TPSA) is 351 Å². The summed E-state index contributed by atoms with van der Waals surface area (Å²) < 4.78 is 46.7. The second-order valence-corrected chi connectivity index (χ2v) is 34.9. The van der Waals surface area contributed by atoms with Crippen molar-refractivity contribution in [3.63, 3.8) is 0 Å². The fourth-order valence-electron chi connectivity index (χ4n) is 18.5. The number of nitrogens with one attached hydrogen (secondary N) is 10. The van der Waals surface area contributed by atoms with E-state index < -0.39 is 35.2 Å². The van der Waals surface area contributed by atoms with Crippen LogP contribution in [0, 0.1) is 17.5 Å². The highest BCUT2D eigenvalue weighted by atomic mass is 18.2. The Morgan fingerprint density at radius 2 is 0.743 bits per heavy atom. The number of pyridine rings is 6. The van der Waals surface area contributed by atoms with E-state index in [9.17, 15) is 56.3 Å². The minimum atomic E-state index is -0.625. The smallest absolute Gasteiger partial charge is 0.326 e. The number of carbonyl (C=O) groups excluding carboxylic acids is 4. The number of carbonyl (C=O) groups is 4. The SMILES string of the molecule is C=CC(=O)Nc1cc(NC(=O)NC2CCN(Cc3ccc(-c4nc5cc[nH]c(=O)c5cc4-c4ccccc4)cc3)CC2)ccc1[18F].C=CC(=O)Nc1cc2c(cc1[18F])[nH]c(=O)n2C1CCN(Cc2ccc(-c3nc4cc[nH]c(=O)c4cc3-c3ccccc3)cc2)CC1.CC/C=C/C(=O)Nc1cc2c(cc1[18F])[nH]c(=O)n2C1CCN(Cc2ccc(-c3nc4cc[nH]c(=O)c4cc3-c3ccccc3)cc2)CC1. The van der Waals surface area contributed by atoms with Crippen LogP contribution in [0.2, 0.25) is 0 Å². The van der Waals surface area contributed by atoms with Gasteiger partial charge in [0, 0.05) is 147 Å². The van der Waals surface area contributed by atoms with Crippen molar-refractivity contribution < 1.29 is 32.3 Å². The molecule has 0 bridgehead atoms. The second kappa shape index (κ2) is 42.2. The lowest BCUT2D eigenvalue weighted by Gasteiger charge is -2.32. The number of nitrogens with zero attached hydrogens (tertiary/aromatic N) is 8. The monoisotopic (exact) mass is 1870 g/mol. The summed E-state index contributed by atoms with van der Waals surface area (Å²) in [5, 5.41) is 14.8. The third kappa shape index (κ3) is 21.4. The van der Waals surface area contributed by atoms with E-state index in [0.29, 0.717) is 66.9 Å². The third-order valence-electron chi connectivity index (χ3n) is 25.7.